The second kappa shape index (κ2) is 12.8. The lowest BCUT2D eigenvalue weighted by atomic mass is 9.87. The first-order valence-electron chi connectivity index (χ1n) is 12.7. The Kier molecular flexibility index (Phi) is 10.1. The quantitative estimate of drug-likeness (QED) is 0.268. The van der Waals surface area contributed by atoms with E-state index in [9.17, 15) is 13.2 Å². The van der Waals surface area contributed by atoms with E-state index in [0.29, 0.717) is 18.0 Å². The molecule has 1 N–H and O–H groups in total. The van der Waals surface area contributed by atoms with Gasteiger partial charge in [0.2, 0.25) is 10.0 Å². The van der Waals surface area contributed by atoms with Crippen LogP contribution in [0.1, 0.15) is 59.3 Å². The fraction of sp³-hybridized carbons (Fsp3) is 0.519. The number of benzene rings is 2. The van der Waals surface area contributed by atoms with Crippen LogP contribution in [0.25, 0.3) is 0 Å². The van der Waals surface area contributed by atoms with Crippen molar-refractivity contribution in [1.29, 1.82) is 0 Å². The number of nitrogens with zero attached hydrogens (tertiary/aromatic N) is 1. The van der Waals surface area contributed by atoms with Gasteiger partial charge >= 0.3 is 5.97 Å². The number of rotatable bonds is 12. The zero-order valence-corrected chi connectivity index (χ0v) is 23.3. The molecule has 0 aliphatic carbocycles. The zero-order valence-electron chi connectivity index (χ0n) is 21.7. The first-order chi connectivity index (χ1) is 17.3. The third-order valence-electron chi connectivity index (χ3n) is 6.37. The molecule has 2 aromatic rings. The number of sulfonamides is 1. The highest BCUT2D eigenvalue weighted by molar-refractivity contribution is 7.98. The Morgan fingerprint density at radius 2 is 1.75 bits per heavy atom. The fourth-order valence-corrected chi connectivity index (χ4v) is 6.79. The molecular weight excluding hydrogens is 496 g/mol. The second-order valence-corrected chi connectivity index (χ2v) is 11.6. The van der Waals surface area contributed by atoms with Crippen molar-refractivity contribution in [2.45, 2.75) is 74.6 Å². The molecule has 0 bridgehead atoms. The first kappa shape index (κ1) is 28.3. The maximum absolute atomic E-state index is 13.9. The van der Waals surface area contributed by atoms with Gasteiger partial charge in [-0.25, -0.2) is 17.9 Å². The summed E-state index contributed by atoms with van der Waals surface area (Å²) in [6, 6.07) is 13.3. The van der Waals surface area contributed by atoms with Gasteiger partial charge in [-0.3, -0.25) is 0 Å². The number of nitrogens with one attached hydrogen (secondary N) is 1. The zero-order chi connectivity index (χ0) is 26.2. The van der Waals surface area contributed by atoms with Gasteiger partial charge in [0.05, 0.1) is 22.7 Å². The van der Waals surface area contributed by atoms with E-state index >= 15 is 0 Å². The number of ether oxygens (including phenoxy) is 2. The van der Waals surface area contributed by atoms with Crippen molar-refractivity contribution in [2.24, 2.45) is 0 Å². The third kappa shape index (κ3) is 6.75. The summed E-state index contributed by atoms with van der Waals surface area (Å²) in [5.41, 5.74) is 0.934. The van der Waals surface area contributed by atoms with Crippen molar-refractivity contribution in [3.8, 4) is 5.75 Å². The maximum Gasteiger partial charge on any atom is 0.344 e. The molecule has 0 atom stereocenters. The van der Waals surface area contributed by atoms with Crippen molar-refractivity contribution in [2.75, 3.05) is 30.9 Å². The van der Waals surface area contributed by atoms with E-state index in [1.54, 1.807) is 13.0 Å². The lowest BCUT2D eigenvalue weighted by Crippen LogP contribution is -2.53. The number of unbranched alkanes of at least 4 members (excludes halogenated alkanes) is 2. The number of para-hydroxylation sites is 1. The summed E-state index contributed by atoms with van der Waals surface area (Å²) in [6.07, 6.45) is 7.22. The van der Waals surface area contributed by atoms with Crippen LogP contribution in [-0.2, 0) is 19.6 Å². The van der Waals surface area contributed by atoms with Crippen molar-refractivity contribution in [1.82, 2.24) is 4.72 Å². The minimum Gasteiger partial charge on any atom is -0.481 e. The molecule has 1 aliphatic heterocycles. The van der Waals surface area contributed by atoms with Gasteiger partial charge in [0.25, 0.3) is 0 Å². The fourth-order valence-electron chi connectivity index (χ4n) is 4.58. The predicted molar refractivity (Wildman–Crippen MR) is 146 cm³/mol. The van der Waals surface area contributed by atoms with E-state index in [4.69, 9.17) is 9.47 Å². The Morgan fingerprint density at radius 1 is 1.08 bits per heavy atom. The largest absolute Gasteiger partial charge is 0.481 e. The normalized spacial score (nSPS) is 16.2. The number of fused-ring (bicyclic) bond motifs is 1. The molecule has 0 unspecified atom stereocenters. The minimum atomic E-state index is -3.88. The van der Waals surface area contributed by atoms with Crippen molar-refractivity contribution in [3.05, 3.63) is 42.5 Å². The maximum atomic E-state index is 13.9. The SMILES string of the molecule is CCCCC1(CCCC)CN(c2ccccc2)c2cc(SC)c(OCC(=O)OCC)cc2S(=O)(=O)N1. The number of hydrogen-bond acceptors (Lipinski definition) is 7. The third-order valence-corrected chi connectivity index (χ3v) is 8.74. The molecule has 0 aromatic heterocycles. The standard InChI is InChI=1S/C27H38N2O5S2/c1-5-8-15-27(16-9-6-2)20-29(21-13-11-10-12-14-21)22-17-24(35-4)23(34-19-26(30)33-7-3)18-25(22)36(31,32)28-27/h10-14,17-18,28H,5-9,15-16,19-20H2,1-4H3. The molecule has 0 saturated heterocycles. The molecule has 0 spiro atoms. The number of carbonyl (C=O) groups excluding carboxylic acids is 1. The van der Waals surface area contributed by atoms with Crippen LogP contribution >= 0.6 is 11.8 Å². The monoisotopic (exact) mass is 534 g/mol. The lowest BCUT2D eigenvalue weighted by Gasteiger charge is -2.37. The Morgan fingerprint density at radius 3 is 2.33 bits per heavy atom. The van der Waals surface area contributed by atoms with Crippen molar-refractivity contribution in [3.63, 3.8) is 0 Å². The van der Waals surface area contributed by atoms with Crippen LogP contribution in [-0.4, -0.2) is 45.9 Å². The van der Waals surface area contributed by atoms with Gasteiger partial charge in [-0.05, 0) is 44.2 Å². The summed E-state index contributed by atoms with van der Waals surface area (Å²) < 4.78 is 41.7. The van der Waals surface area contributed by atoms with Crippen LogP contribution in [0.4, 0.5) is 11.4 Å². The van der Waals surface area contributed by atoms with Crippen molar-refractivity contribution < 1.29 is 22.7 Å². The van der Waals surface area contributed by atoms with E-state index in [0.717, 1.165) is 49.1 Å². The Balaban J connectivity index is 2.17. The van der Waals surface area contributed by atoms with E-state index in [1.807, 2.05) is 42.7 Å². The number of hydrogen-bond donors (Lipinski definition) is 1. The number of carbonyl (C=O) groups is 1. The van der Waals surface area contributed by atoms with Gasteiger partial charge in [0.15, 0.2) is 6.61 Å². The summed E-state index contributed by atoms with van der Waals surface area (Å²) in [5.74, 6) is -0.146. The molecular formula is C27H38N2O5S2. The summed E-state index contributed by atoms with van der Waals surface area (Å²) >= 11 is 1.45. The molecule has 0 amide bonds. The van der Waals surface area contributed by atoms with Crippen LogP contribution in [0.2, 0.25) is 0 Å². The average molecular weight is 535 g/mol. The van der Waals surface area contributed by atoms with Gasteiger partial charge in [0, 0.05) is 18.3 Å². The molecule has 1 aliphatic rings. The molecule has 198 valence electrons. The average Bonchev–Trinajstić information content (AvgIpc) is 2.97. The summed E-state index contributed by atoms with van der Waals surface area (Å²) in [6.45, 7) is 6.48. The number of esters is 1. The summed E-state index contributed by atoms with van der Waals surface area (Å²) in [7, 11) is -3.88. The van der Waals surface area contributed by atoms with E-state index < -0.39 is 21.5 Å². The van der Waals surface area contributed by atoms with Crippen LogP contribution < -0.4 is 14.4 Å². The van der Waals surface area contributed by atoms with Crippen LogP contribution in [0, 0.1) is 0 Å². The molecule has 1 heterocycles. The van der Waals surface area contributed by atoms with E-state index in [-0.39, 0.29) is 18.1 Å². The van der Waals surface area contributed by atoms with Gasteiger partial charge < -0.3 is 14.4 Å². The highest BCUT2D eigenvalue weighted by atomic mass is 32.2. The van der Waals surface area contributed by atoms with Crippen LogP contribution in [0.5, 0.6) is 5.75 Å². The lowest BCUT2D eigenvalue weighted by molar-refractivity contribution is -0.145. The molecule has 7 nitrogen and oxygen atoms in total. The number of anilines is 2. The van der Waals surface area contributed by atoms with Crippen molar-refractivity contribution >= 4 is 39.1 Å². The summed E-state index contributed by atoms with van der Waals surface area (Å²) in [5, 5.41) is 0. The van der Waals surface area contributed by atoms with E-state index in [2.05, 4.69) is 23.5 Å². The second-order valence-electron chi connectivity index (χ2n) is 9.08. The molecule has 2 aromatic carbocycles. The Labute approximate surface area is 220 Å². The Hall–Kier alpha value is -2.23. The first-order valence-corrected chi connectivity index (χ1v) is 15.4. The molecule has 0 saturated carbocycles. The van der Waals surface area contributed by atoms with Crippen LogP contribution in [0.15, 0.2) is 52.3 Å². The van der Waals surface area contributed by atoms with Gasteiger partial charge in [-0.15, -0.1) is 11.8 Å². The molecule has 3 rings (SSSR count). The molecule has 9 heteroatoms. The minimum absolute atomic E-state index is 0.151. The highest BCUT2D eigenvalue weighted by Crippen LogP contribution is 2.44. The smallest absolute Gasteiger partial charge is 0.344 e. The van der Waals surface area contributed by atoms with E-state index in [1.165, 1.54) is 11.8 Å². The molecule has 36 heavy (non-hydrogen) atoms. The predicted octanol–water partition coefficient (Wildman–Crippen LogP) is 5.90. The van der Waals surface area contributed by atoms with Gasteiger partial charge in [-0.1, -0.05) is 57.7 Å². The molecule has 0 fully saturated rings. The molecule has 0 radical (unpaired) electrons. The van der Waals surface area contributed by atoms with Gasteiger partial charge in [-0.2, -0.15) is 0 Å². The topological polar surface area (TPSA) is 84.9 Å². The number of thioether (sulfide) groups is 1. The Bertz CT molecular complexity index is 1110. The van der Waals surface area contributed by atoms with Crippen LogP contribution in [0.3, 0.4) is 0 Å². The highest BCUT2D eigenvalue weighted by Gasteiger charge is 2.42. The summed E-state index contributed by atoms with van der Waals surface area (Å²) in [4.78, 5) is 14.9. The van der Waals surface area contributed by atoms with Gasteiger partial charge in [0.1, 0.15) is 10.6 Å².